The van der Waals surface area contributed by atoms with Gasteiger partial charge in [0.1, 0.15) is 0 Å². The minimum atomic E-state index is -0.141. The van der Waals surface area contributed by atoms with Gasteiger partial charge in [-0.2, -0.15) is 0 Å². The highest BCUT2D eigenvalue weighted by atomic mass is 35.5. The summed E-state index contributed by atoms with van der Waals surface area (Å²) in [4.78, 5) is 14.9. The van der Waals surface area contributed by atoms with Gasteiger partial charge in [0.15, 0.2) is 16.7 Å². The molecular weight excluding hydrogens is 462 g/mol. The van der Waals surface area contributed by atoms with Crippen molar-refractivity contribution in [1.29, 1.82) is 0 Å². The van der Waals surface area contributed by atoms with Crippen molar-refractivity contribution in [3.8, 4) is 17.2 Å². The van der Waals surface area contributed by atoms with E-state index >= 15 is 0 Å². The molecule has 2 aliphatic rings. The number of hydrogen-bond donors (Lipinski definition) is 1. The zero-order valence-corrected chi connectivity index (χ0v) is 19.6. The summed E-state index contributed by atoms with van der Waals surface area (Å²) < 4.78 is 13.3. The Labute approximate surface area is 201 Å². The van der Waals surface area contributed by atoms with Gasteiger partial charge in [0.25, 0.3) is 0 Å². The number of carbonyl (C=O) groups is 1. The van der Waals surface area contributed by atoms with E-state index < -0.39 is 0 Å². The summed E-state index contributed by atoms with van der Waals surface area (Å²) in [6.45, 7) is 3.10. The number of rotatable bonds is 6. The molecule has 0 atom stereocenters. The Hall–Kier alpha value is -2.91. The van der Waals surface area contributed by atoms with Crippen LogP contribution in [-0.4, -0.2) is 52.7 Å². The van der Waals surface area contributed by atoms with Gasteiger partial charge in [0.2, 0.25) is 11.9 Å². The van der Waals surface area contributed by atoms with E-state index in [1.165, 1.54) is 11.8 Å². The van der Waals surface area contributed by atoms with Gasteiger partial charge >= 0.3 is 0 Å². The third kappa shape index (κ3) is 5.04. The second-order valence-electron chi connectivity index (χ2n) is 7.84. The molecule has 1 aromatic heterocycles. The first-order valence-electron chi connectivity index (χ1n) is 11.0. The fourth-order valence-corrected chi connectivity index (χ4v) is 4.82. The Kier molecular flexibility index (Phi) is 6.59. The van der Waals surface area contributed by atoms with E-state index in [-0.39, 0.29) is 11.7 Å². The number of hydrogen-bond acceptors (Lipinski definition) is 7. The number of halogens is 1. The molecule has 3 aromatic rings. The summed E-state index contributed by atoms with van der Waals surface area (Å²) in [5.74, 6) is 2.17. The molecule has 1 fully saturated rings. The van der Waals surface area contributed by atoms with Gasteiger partial charge in [0, 0.05) is 36.3 Å². The molecule has 10 heteroatoms. The van der Waals surface area contributed by atoms with Crippen LogP contribution in [0.1, 0.15) is 19.3 Å². The van der Waals surface area contributed by atoms with Crippen molar-refractivity contribution in [2.24, 2.45) is 0 Å². The van der Waals surface area contributed by atoms with Gasteiger partial charge in [-0.05, 0) is 43.2 Å². The number of carbonyl (C=O) groups excluding carboxylic acids is 1. The molecule has 2 aromatic carbocycles. The van der Waals surface area contributed by atoms with Crippen LogP contribution in [0.3, 0.4) is 0 Å². The monoisotopic (exact) mass is 485 g/mol. The smallest absolute Gasteiger partial charge is 0.234 e. The van der Waals surface area contributed by atoms with E-state index in [1.807, 2.05) is 41.0 Å². The maximum atomic E-state index is 12.7. The van der Waals surface area contributed by atoms with Crippen LogP contribution in [0.15, 0.2) is 47.6 Å². The van der Waals surface area contributed by atoms with Crippen molar-refractivity contribution < 1.29 is 14.3 Å². The maximum Gasteiger partial charge on any atom is 0.234 e. The summed E-state index contributed by atoms with van der Waals surface area (Å²) in [5.41, 5.74) is 1.54. The number of thioether (sulfide) groups is 1. The van der Waals surface area contributed by atoms with Crippen LogP contribution in [0.25, 0.3) is 5.69 Å². The van der Waals surface area contributed by atoms with Crippen LogP contribution in [0.5, 0.6) is 11.5 Å². The van der Waals surface area contributed by atoms with Crippen molar-refractivity contribution in [2.45, 2.75) is 24.4 Å². The molecule has 0 radical (unpaired) electrons. The topological polar surface area (TPSA) is 81.5 Å². The lowest BCUT2D eigenvalue weighted by atomic mass is 10.2. The standard InChI is InChI=1S/C23H24ClN5O3S/c24-16-5-3-6-18(13-16)29-22(28-9-1-2-10-28)26-27-23(29)33-15-21(30)25-17-7-8-19-20(14-17)32-12-4-11-31-19/h3,5-8,13-14H,1-2,4,9-12,15H2,(H,25,30). The molecule has 172 valence electrons. The number of fused-ring (bicyclic) bond motifs is 1. The number of nitrogens with zero attached hydrogens (tertiary/aromatic N) is 4. The lowest BCUT2D eigenvalue weighted by molar-refractivity contribution is -0.113. The number of anilines is 2. The zero-order chi connectivity index (χ0) is 22.6. The Balaban J connectivity index is 1.31. The van der Waals surface area contributed by atoms with E-state index in [4.69, 9.17) is 21.1 Å². The summed E-state index contributed by atoms with van der Waals surface area (Å²) >= 11 is 7.59. The molecule has 0 unspecified atom stereocenters. The average Bonchev–Trinajstić information content (AvgIpc) is 3.43. The average molecular weight is 486 g/mol. The van der Waals surface area contributed by atoms with E-state index in [2.05, 4.69) is 20.4 Å². The third-order valence-corrected chi connectivity index (χ3v) is 6.60. The molecule has 3 heterocycles. The SMILES string of the molecule is O=C(CSc1nnc(N2CCCC2)n1-c1cccc(Cl)c1)Nc1ccc2c(c1)OCCCO2. The van der Waals surface area contributed by atoms with Gasteiger partial charge in [-0.15, -0.1) is 10.2 Å². The van der Waals surface area contributed by atoms with Crippen molar-refractivity contribution in [3.63, 3.8) is 0 Å². The number of nitrogens with one attached hydrogen (secondary N) is 1. The molecule has 8 nitrogen and oxygen atoms in total. The fourth-order valence-electron chi connectivity index (χ4n) is 3.89. The van der Waals surface area contributed by atoms with Gasteiger partial charge in [-0.25, -0.2) is 0 Å². The van der Waals surface area contributed by atoms with Crippen LogP contribution in [-0.2, 0) is 4.79 Å². The van der Waals surface area contributed by atoms with Crippen LogP contribution >= 0.6 is 23.4 Å². The summed E-state index contributed by atoms with van der Waals surface area (Å²) in [5, 5.41) is 13.0. The van der Waals surface area contributed by atoms with Crippen molar-refractivity contribution >= 4 is 40.9 Å². The molecule has 0 aliphatic carbocycles. The maximum absolute atomic E-state index is 12.7. The Bertz CT molecular complexity index is 1150. The second kappa shape index (κ2) is 9.93. The lowest BCUT2D eigenvalue weighted by Crippen LogP contribution is -2.22. The molecule has 0 bridgehead atoms. The fraction of sp³-hybridized carbons (Fsp3) is 0.348. The van der Waals surface area contributed by atoms with Gasteiger partial charge < -0.3 is 19.7 Å². The van der Waals surface area contributed by atoms with Gasteiger partial charge in [-0.3, -0.25) is 9.36 Å². The summed E-state index contributed by atoms with van der Waals surface area (Å²) in [6, 6.07) is 13.0. The second-order valence-corrected chi connectivity index (χ2v) is 9.22. The molecule has 1 saturated heterocycles. The molecule has 0 spiro atoms. The first kappa shape index (κ1) is 21.9. The van der Waals surface area contributed by atoms with Crippen molar-refractivity contribution in [1.82, 2.24) is 14.8 Å². The minimum absolute atomic E-state index is 0.141. The van der Waals surface area contributed by atoms with E-state index in [9.17, 15) is 4.79 Å². The van der Waals surface area contributed by atoms with E-state index in [0.717, 1.165) is 44.0 Å². The highest BCUT2D eigenvalue weighted by molar-refractivity contribution is 7.99. The Morgan fingerprint density at radius 1 is 1.03 bits per heavy atom. The molecule has 2 aliphatic heterocycles. The first-order valence-corrected chi connectivity index (χ1v) is 12.3. The van der Waals surface area contributed by atoms with Crippen molar-refractivity contribution in [3.05, 3.63) is 47.5 Å². The summed E-state index contributed by atoms with van der Waals surface area (Å²) in [6.07, 6.45) is 3.09. The highest BCUT2D eigenvalue weighted by Crippen LogP contribution is 2.33. The van der Waals surface area contributed by atoms with E-state index in [1.54, 1.807) is 6.07 Å². The molecule has 1 N–H and O–H groups in total. The summed E-state index contributed by atoms with van der Waals surface area (Å²) in [7, 11) is 0. The normalized spacial score (nSPS) is 15.4. The number of amides is 1. The third-order valence-electron chi connectivity index (χ3n) is 5.44. The van der Waals surface area contributed by atoms with Gasteiger partial charge in [0.05, 0.1) is 24.7 Å². The van der Waals surface area contributed by atoms with Crippen LogP contribution in [0.4, 0.5) is 11.6 Å². The number of ether oxygens (including phenoxy) is 2. The largest absolute Gasteiger partial charge is 0.490 e. The molecular formula is C23H24ClN5O3S. The van der Waals surface area contributed by atoms with Crippen molar-refractivity contribution in [2.75, 3.05) is 42.3 Å². The van der Waals surface area contributed by atoms with Crippen LogP contribution in [0, 0.1) is 0 Å². The highest BCUT2D eigenvalue weighted by Gasteiger charge is 2.23. The van der Waals surface area contributed by atoms with Gasteiger partial charge in [-0.1, -0.05) is 29.4 Å². The lowest BCUT2D eigenvalue weighted by Gasteiger charge is -2.18. The van der Waals surface area contributed by atoms with Crippen LogP contribution in [0.2, 0.25) is 5.02 Å². The zero-order valence-electron chi connectivity index (χ0n) is 18.0. The van der Waals surface area contributed by atoms with E-state index in [0.29, 0.717) is 40.6 Å². The number of aromatic nitrogens is 3. The predicted octanol–water partition coefficient (Wildman–Crippen LogP) is 4.41. The minimum Gasteiger partial charge on any atom is -0.490 e. The predicted molar refractivity (Wildman–Crippen MR) is 129 cm³/mol. The molecule has 33 heavy (non-hydrogen) atoms. The molecule has 0 saturated carbocycles. The molecule has 1 amide bonds. The Morgan fingerprint density at radius 2 is 1.85 bits per heavy atom. The number of benzene rings is 2. The first-order chi connectivity index (χ1) is 16.2. The molecule has 5 rings (SSSR count). The quantitative estimate of drug-likeness (QED) is 0.518. The van der Waals surface area contributed by atoms with Crippen LogP contribution < -0.4 is 19.7 Å². The Morgan fingerprint density at radius 3 is 2.67 bits per heavy atom.